The summed E-state index contributed by atoms with van der Waals surface area (Å²) in [5, 5.41) is 10.6. The molecule has 0 aromatic heterocycles. The fourth-order valence-corrected chi connectivity index (χ4v) is 1.67. The predicted molar refractivity (Wildman–Crippen MR) is 59.7 cm³/mol. The number of carbonyl (C=O) groups is 1. The lowest BCUT2D eigenvalue weighted by Gasteiger charge is -2.10. The topological polar surface area (TPSA) is 97.6 Å². The molecule has 0 bridgehead atoms. The number of amides is 1. The van der Waals surface area contributed by atoms with E-state index in [1.165, 1.54) is 19.0 Å². The van der Waals surface area contributed by atoms with Gasteiger partial charge in [0, 0.05) is 31.8 Å². The van der Waals surface area contributed by atoms with Crippen LogP contribution in [0.5, 0.6) is 0 Å². The van der Waals surface area contributed by atoms with E-state index >= 15 is 0 Å². The minimum absolute atomic E-state index is 0.0293. The summed E-state index contributed by atoms with van der Waals surface area (Å²) in [5.74, 6) is -0.494. The van der Waals surface area contributed by atoms with Crippen molar-refractivity contribution in [3.8, 4) is 0 Å². The Labute approximate surface area is 98.8 Å². The molecule has 0 aliphatic heterocycles. The minimum Gasteiger partial charge on any atom is -0.345 e. The molecular formula is C9H10N2O5S. The molecule has 0 N–H and O–H groups in total. The monoisotopic (exact) mass is 258 g/mol. The van der Waals surface area contributed by atoms with Gasteiger partial charge in [0.15, 0.2) is 10.7 Å². The van der Waals surface area contributed by atoms with Crippen molar-refractivity contribution in [2.75, 3.05) is 14.1 Å². The second-order valence-corrected chi connectivity index (χ2v) is 4.48. The first-order valence-electron chi connectivity index (χ1n) is 4.48. The second-order valence-electron chi connectivity index (χ2n) is 3.45. The van der Waals surface area contributed by atoms with Gasteiger partial charge in [-0.3, -0.25) is 14.9 Å². The zero-order valence-corrected chi connectivity index (χ0v) is 10.0. The lowest BCUT2D eigenvalue weighted by molar-refractivity contribution is -0.385. The lowest BCUT2D eigenvalue weighted by atomic mass is 10.2. The molecule has 0 saturated carbocycles. The maximum Gasteiger partial charge on any atom is 0.271 e. The van der Waals surface area contributed by atoms with Crippen molar-refractivity contribution < 1.29 is 18.1 Å². The molecule has 0 aliphatic carbocycles. The van der Waals surface area contributed by atoms with Crippen LogP contribution in [0.4, 0.5) is 5.69 Å². The number of benzene rings is 1. The molecule has 0 unspecified atom stereocenters. The van der Waals surface area contributed by atoms with Gasteiger partial charge in [-0.25, -0.2) is 8.42 Å². The molecule has 1 aromatic carbocycles. The van der Waals surface area contributed by atoms with Crippen molar-refractivity contribution in [3.63, 3.8) is 0 Å². The molecule has 1 aromatic rings. The first-order valence-corrected chi connectivity index (χ1v) is 5.66. The van der Waals surface area contributed by atoms with Crippen LogP contribution in [0, 0.1) is 10.1 Å². The van der Waals surface area contributed by atoms with Gasteiger partial charge in [0.1, 0.15) is 0 Å². The summed E-state index contributed by atoms with van der Waals surface area (Å²) in [6, 6.07) is 3.07. The molecule has 0 aliphatic rings. The highest BCUT2D eigenvalue weighted by Gasteiger charge is 2.16. The Hall–Kier alpha value is -1.96. The third-order valence-electron chi connectivity index (χ3n) is 1.98. The number of nitro groups is 1. The fourth-order valence-electron chi connectivity index (χ4n) is 1.19. The normalized spacial score (nSPS) is 10.3. The van der Waals surface area contributed by atoms with Crippen molar-refractivity contribution in [1.82, 2.24) is 4.90 Å². The number of hydrogen-bond acceptors (Lipinski definition) is 5. The van der Waals surface area contributed by atoms with Gasteiger partial charge in [-0.05, 0) is 6.07 Å². The van der Waals surface area contributed by atoms with Gasteiger partial charge in [-0.1, -0.05) is 0 Å². The summed E-state index contributed by atoms with van der Waals surface area (Å²) in [7, 11) is -0.0314. The molecule has 0 radical (unpaired) electrons. The molecule has 0 heterocycles. The van der Waals surface area contributed by atoms with Crippen LogP contribution >= 0.6 is 0 Å². The molecule has 8 heteroatoms. The maximum atomic E-state index is 11.6. The molecule has 1 amide bonds. The number of thiol groups is 1. The first-order chi connectivity index (χ1) is 7.82. The third-order valence-corrected chi connectivity index (χ3v) is 2.66. The van der Waals surface area contributed by atoms with Crippen LogP contribution in [0.15, 0.2) is 23.1 Å². The van der Waals surface area contributed by atoms with Gasteiger partial charge in [0.05, 0.1) is 9.82 Å². The molecule has 0 fully saturated rings. The van der Waals surface area contributed by atoms with Crippen LogP contribution in [-0.2, 0) is 10.7 Å². The summed E-state index contributed by atoms with van der Waals surface area (Å²) in [4.78, 5) is 22.4. The molecular weight excluding hydrogens is 248 g/mol. The Kier molecular flexibility index (Phi) is 3.79. The van der Waals surface area contributed by atoms with Crippen molar-refractivity contribution in [3.05, 3.63) is 33.9 Å². The molecule has 0 spiro atoms. The highest BCUT2D eigenvalue weighted by Crippen LogP contribution is 2.19. The summed E-state index contributed by atoms with van der Waals surface area (Å²) in [5.41, 5.74) is -0.453. The highest BCUT2D eigenvalue weighted by atomic mass is 32.2. The molecule has 7 nitrogen and oxygen atoms in total. The largest absolute Gasteiger partial charge is 0.345 e. The van der Waals surface area contributed by atoms with Gasteiger partial charge in [0.25, 0.3) is 11.6 Å². The summed E-state index contributed by atoms with van der Waals surface area (Å²) in [6.45, 7) is 0. The lowest BCUT2D eigenvalue weighted by Crippen LogP contribution is -2.21. The third kappa shape index (κ3) is 3.00. The van der Waals surface area contributed by atoms with E-state index in [2.05, 4.69) is 0 Å². The van der Waals surface area contributed by atoms with E-state index in [0.29, 0.717) is 0 Å². The van der Waals surface area contributed by atoms with Crippen LogP contribution in [0.1, 0.15) is 10.4 Å². The number of rotatable bonds is 3. The van der Waals surface area contributed by atoms with Crippen molar-refractivity contribution >= 4 is 22.3 Å². The van der Waals surface area contributed by atoms with Crippen LogP contribution in [-0.4, -0.2) is 38.2 Å². The standard InChI is InChI=1S/C9H10N2O5S/c1-10(2)9(12)6-3-7(11(13)14)5-8(4-6)17(15)16/h3-5,17H,1-2H3. The first kappa shape index (κ1) is 13.1. The van der Waals surface area contributed by atoms with E-state index in [1.807, 2.05) is 0 Å². The van der Waals surface area contributed by atoms with E-state index < -0.39 is 27.2 Å². The van der Waals surface area contributed by atoms with Crippen LogP contribution in [0.3, 0.4) is 0 Å². The summed E-state index contributed by atoms with van der Waals surface area (Å²) < 4.78 is 21.6. The Balaban J connectivity index is 3.41. The number of non-ortho nitro benzene ring substituents is 1. The number of carbonyl (C=O) groups excluding carboxylic acids is 1. The van der Waals surface area contributed by atoms with Crippen molar-refractivity contribution in [2.24, 2.45) is 0 Å². The Morgan fingerprint density at radius 3 is 2.29 bits per heavy atom. The fraction of sp³-hybridized carbons (Fsp3) is 0.222. The minimum atomic E-state index is -2.97. The van der Waals surface area contributed by atoms with Crippen LogP contribution in [0.2, 0.25) is 0 Å². The van der Waals surface area contributed by atoms with E-state index in [1.54, 1.807) is 0 Å². The maximum absolute atomic E-state index is 11.6. The molecule has 0 saturated heterocycles. The molecule has 0 atom stereocenters. The zero-order chi connectivity index (χ0) is 13.2. The van der Waals surface area contributed by atoms with Gasteiger partial charge in [0.2, 0.25) is 0 Å². The van der Waals surface area contributed by atoms with Crippen molar-refractivity contribution in [2.45, 2.75) is 4.90 Å². The van der Waals surface area contributed by atoms with Gasteiger partial charge < -0.3 is 4.90 Å². The molecule has 92 valence electrons. The number of nitrogens with zero attached hydrogens (tertiary/aromatic N) is 2. The van der Waals surface area contributed by atoms with E-state index in [0.717, 1.165) is 18.2 Å². The average molecular weight is 258 g/mol. The van der Waals surface area contributed by atoms with Gasteiger partial charge in [-0.15, -0.1) is 0 Å². The van der Waals surface area contributed by atoms with Crippen LogP contribution in [0.25, 0.3) is 0 Å². The highest BCUT2D eigenvalue weighted by molar-refractivity contribution is 7.72. The van der Waals surface area contributed by atoms with Gasteiger partial charge in [-0.2, -0.15) is 0 Å². The van der Waals surface area contributed by atoms with Crippen molar-refractivity contribution in [1.29, 1.82) is 0 Å². The van der Waals surface area contributed by atoms with E-state index in [9.17, 15) is 23.3 Å². The molecule has 17 heavy (non-hydrogen) atoms. The predicted octanol–water partition coefficient (Wildman–Crippen LogP) is 0.267. The smallest absolute Gasteiger partial charge is 0.271 e. The Bertz CT molecular complexity index is 542. The number of hydrogen-bond donors (Lipinski definition) is 1. The zero-order valence-electron chi connectivity index (χ0n) is 9.11. The molecule has 1 rings (SSSR count). The Morgan fingerprint density at radius 1 is 1.29 bits per heavy atom. The quantitative estimate of drug-likeness (QED) is 0.476. The number of nitro benzene ring substituents is 1. The SMILES string of the molecule is CN(C)C(=O)c1cc([N+](=O)[O-])cc([SH](=O)=O)c1. The summed E-state index contributed by atoms with van der Waals surface area (Å²) >= 11 is 0. The van der Waals surface area contributed by atoms with Crippen LogP contribution < -0.4 is 0 Å². The second kappa shape index (κ2) is 4.91. The Morgan fingerprint density at radius 2 is 1.88 bits per heavy atom. The summed E-state index contributed by atoms with van der Waals surface area (Å²) in [6.07, 6.45) is 0. The van der Waals surface area contributed by atoms with E-state index in [-0.39, 0.29) is 10.5 Å². The average Bonchev–Trinajstić information content (AvgIpc) is 2.27. The van der Waals surface area contributed by atoms with E-state index in [4.69, 9.17) is 0 Å². The van der Waals surface area contributed by atoms with Gasteiger partial charge >= 0.3 is 0 Å².